The van der Waals surface area contributed by atoms with E-state index in [4.69, 9.17) is 14.2 Å². The Balaban J connectivity index is 1.75. The van der Waals surface area contributed by atoms with Gasteiger partial charge in [0.15, 0.2) is 11.5 Å². The largest absolute Gasteiger partial charge is 0.497 e. The Kier molecular flexibility index (Phi) is 5.13. The van der Waals surface area contributed by atoms with Gasteiger partial charge in [-0.25, -0.2) is 0 Å². The second-order valence-electron chi connectivity index (χ2n) is 7.02. The summed E-state index contributed by atoms with van der Waals surface area (Å²) in [6.45, 7) is 3.43. The van der Waals surface area contributed by atoms with Crippen LogP contribution in [0, 0.1) is 0 Å². The summed E-state index contributed by atoms with van der Waals surface area (Å²) < 4.78 is 16.5. The molecule has 0 bridgehead atoms. The van der Waals surface area contributed by atoms with Crippen molar-refractivity contribution in [2.45, 2.75) is 32.0 Å². The van der Waals surface area contributed by atoms with Crippen molar-refractivity contribution in [3.05, 3.63) is 48.0 Å². The van der Waals surface area contributed by atoms with E-state index in [-0.39, 0.29) is 18.1 Å². The minimum absolute atomic E-state index is 0.0651. The summed E-state index contributed by atoms with van der Waals surface area (Å²) in [4.78, 5) is 17.4. The normalized spacial score (nSPS) is 21.7. The number of fused-ring (bicyclic) bond motifs is 1. The van der Waals surface area contributed by atoms with Gasteiger partial charge in [-0.05, 0) is 61.7 Å². The Bertz CT molecular complexity index is 852. The van der Waals surface area contributed by atoms with Crippen molar-refractivity contribution in [1.29, 1.82) is 0 Å². The molecule has 0 saturated carbocycles. The van der Waals surface area contributed by atoms with E-state index in [9.17, 15) is 4.79 Å². The first-order chi connectivity index (χ1) is 13.7. The van der Waals surface area contributed by atoms with Crippen molar-refractivity contribution >= 4 is 11.6 Å². The van der Waals surface area contributed by atoms with E-state index in [2.05, 4.69) is 4.90 Å². The zero-order valence-corrected chi connectivity index (χ0v) is 16.6. The van der Waals surface area contributed by atoms with Gasteiger partial charge < -0.3 is 14.2 Å². The number of carbonyl (C=O) groups excluding carboxylic acids is 1. The summed E-state index contributed by atoms with van der Waals surface area (Å²) in [7, 11) is 3.28. The predicted molar refractivity (Wildman–Crippen MR) is 107 cm³/mol. The molecular formula is C22H26N2O4. The van der Waals surface area contributed by atoms with Crippen molar-refractivity contribution in [3.8, 4) is 17.2 Å². The van der Waals surface area contributed by atoms with E-state index in [1.54, 1.807) is 14.2 Å². The second-order valence-corrected chi connectivity index (χ2v) is 7.02. The fourth-order valence-electron chi connectivity index (χ4n) is 4.25. The van der Waals surface area contributed by atoms with Crippen LogP contribution in [0.3, 0.4) is 0 Å². The molecule has 2 aromatic carbocycles. The van der Waals surface area contributed by atoms with Gasteiger partial charge in [-0.15, -0.1) is 0 Å². The van der Waals surface area contributed by atoms with E-state index in [0.29, 0.717) is 18.1 Å². The Morgan fingerprint density at radius 1 is 1.04 bits per heavy atom. The Hall–Kier alpha value is -2.73. The van der Waals surface area contributed by atoms with E-state index in [1.165, 1.54) is 0 Å². The molecule has 148 valence electrons. The molecule has 1 amide bonds. The molecule has 6 nitrogen and oxygen atoms in total. The summed E-state index contributed by atoms with van der Waals surface area (Å²) in [6.07, 6.45) is 1.78. The highest BCUT2D eigenvalue weighted by molar-refractivity contribution is 6.00. The lowest BCUT2D eigenvalue weighted by Crippen LogP contribution is -2.32. The molecule has 6 heteroatoms. The number of nitrogens with zero attached hydrogens (tertiary/aromatic N) is 2. The predicted octanol–water partition coefficient (Wildman–Crippen LogP) is 3.61. The summed E-state index contributed by atoms with van der Waals surface area (Å²) in [5.74, 6) is 2.33. The maximum absolute atomic E-state index is 13.2. The number of methoxy groups -OCH3 is 2. The third-order valence-corrected chi connectivity index (χ3v) is 5.51. The van der Waals surface area contributed by atoms with Crippen molar-refractivity contribution in [1.82, 2.24) is 4.90 Å². The molecule has 0 aliphatic carbocycles. The smallest absolute Gasteiger partial charge is 0.246 e. The number of hydrogen-bond donors (Lipinski definition) is 0. The quantitative estimate of drug-likeness (QED) is 0.764. The first kappa shape index (κ1) is 18.6. The van der Waals surface area contributed by atoms with Crippen LogP contribution in [-0.2, 0) is 4.79 Å². The molecule has 28 heavy (non-hydrogen) atoms. The van der Waals surface area contributed by atoms with E-state index < -0.39 is 0 Å². The van der Waals surface area contributed by atoms with Crippen LogP contribution in [-0.4, -0.2) is 44.2 Å². The third kappa shape index (κ3) is 3.07. The standard InChI is InChI=1S/C22H26N2O4/c1-4-28-19-12-7-15(14-20(19)27-3)21-23-13-5-6-18(23)22(25)24(21)16-8-10-17(26-2)11-9-16/h7-12,14,18,21H,4-6,13H2,1-3H3/t18-,21+/m0/s1. The van der Waals surface area contributed by atoms with Crippen molar-refractivity contribution in [2.75, 3.05) is 32.3 Å². The average Bonchev–Trinajstić information content (AvgIpc) is 3.31. The van der Waals surface area contributed by atoms with Gasteiger partial charge in [0.05, 0.1) is 26.9 Å². The van der Waals surface area contributed by atoms with E-state index in [1.807, 2.05) is 54.3 Å². The summed E-state index contributed by atoms with van der Waals surface area (Å²) in [5.41, 5.74) is 1.90. The van der Waals surface area contributed by atoms with Gasteiger partial charge in [0.25, 0.3) is 0 Å². The zero-order valence-electron chi connectivity index (χ0n) is 16.6. The number of anilines is 1. The molecule has 0 aromatic heterocycles. The maximum atomic E-state index is 13.2. The van der Waals surface area contributed by atoms with Gasteiger partial charge >= 0.3 is 0 Å². The molecule has 2 atom stereocenters. The molecule has 2 aliphatic heterocycles. The van der Waals surface area contributed by atoms with Gasteiger partial charge in [0.1, 0.15) is 11.9 Å². The minimum Gasteiger partial charge on any atom is -0.497 e. The lowest BCUT2D eigenvalue weighted by molar-refractivity contribution is -0.119. The first-order valence-corrected chi connectivity index (χ1v) is 9.71. The van der Waals surface area contributed by atoms with Crippen molar-refractivity contribution in [3.63, 3.8) is 0 Å². The number of carbonyl (C=O) groups is 1. The van der Waals surface area contributed by atoms with Crippen LogP contribution in [0.2, 0.25) is 0 Å². The highest BCUT2D eigenvalue weighted by atomic mass is 16.5. The van der Waals surface area contributed by atoms with Gasteiger partial charge in [0, 0.05) is 12.2 Å². The van der Waals surface area contributed by atoms with Crippen LogP contribution in [0.4, 0.5) is 5.69 Å². The van der Waals surface area contributed by atoms with Gasteiger partial charge in [-0.2, -0.15) is 0 Å². The van der Waals surface area contributed by atoms with Crippen molar-refractivity contribution in [2.24, 2.45) is 0 Å². The topological polar surface area (TPSA) is 51.2 Å². The molecule has 0 N–H and O–H groups in total. The second kappa shape index (κ2) is 7.72. The third-order valence-electron chi connectivity index (χ3n) is 5.51. The van der Waals surface area contributed by atoms with E-state index >= 15 is 0 Å². The monoisotopic (exact) mass is 382 g/mol. The molecular weight excluding hydrogens is 356 g/mol. The Morgan fingerprint density at radius 2 is 1.82 bits per heavy atom. The fraction of sp³-hybridized carbons (Fsp3) is 0.409. The number of ether oxygens (including phenoxy) is 3. The molecule has 2 saturated heterocycles. The summed E-state index contributed by atoms with van der Waals surface area (Å²) >= 11 is 0. The molecule has 2 aromatic rings. The van der Waals surface area contributed by atoms with Crippen LogP contribution < -0.4 is 19.1 Å². The molecule has 0 unspecified atom stereocenters. The summed E-state index contributed by atoms with van der Waals surface area (Å²) in [5, 5.41) is 0. The van der Waals surface area contributed by atoms with Crippen LogP contribution in [0.25, 0.3) is 0 Å². The first-order valence-electron chi connectivity index (χ1n) is 9.71. The maximum Gasteiger partial charge on any atom is 0.246 e. The average molecular weight is 382 g/mol. The molecule has 2 fully saturated rings. The molecule has 0 spiro atoms. The van der Waals surface area contributed by atoms with Gasteiger partial charge in [0.2, 0.25) is 5.91 Å². The van der Waals surface area contributed by atoms with Crippen LogP contribution in [0.5, 0.6) is 17.2 Å². The highest BCUT2D eigenvalue weighted by Crippen LogP contribution is 2.44. The van der Waals surface area contributed by atoms with Crippen LogP contribution >= 0.6 is 0 Å². The SMILES string of the molecule is CCOc1ccc([C@H]2N(c3ccc(OC)cc3)C(=O)[C@@H]3CCCN32)cc1OC. The number of amides is 1. The number of hydrogen-bond acceptors (Lipinski definition) is 5. The minimum atomic E-state index is -0.155. The van der Waals surface area contributed by atoms with E-state index in [0.717, 1.165) is 36.4 Å². The van der Waals surface area contributed by atoms with Gasteiger partial charge in [-0.3, -0.25) is 14.6 Å². The fourth-order valence-corrected chi connectivity index (χ4v) is 4.25. The Morgan fingerprint density at radius 3 is 2.50 bits per heavy atom. The highest BCUT2D eigenvalue weighted by Gasteiger charge is 2.49. The van der Waals surface area contributed by atoms with Crippen LogP contribution in [0.1, 0.15) is 31.5 Å². The molecule has 2 aliphatic rings. The van der Waals surface area contributed by atoms with Gasteiger partial charge in [-0.1, -0.05) is 6.07 Å². The van der Waals surface area contributed by atoms with Crippen molar-refractivity contribution < 1.29 is 19.0 Å². The molecule has 2 heterocycles. The Labute approximate surface area is 165 Å². The zero-order chi connectivity index (χ0) is 19.7. The number of rotatable bonds is 6. The number of benzene rings is 2. The molecule has 4 rings (SSSR count). The lowest BCUT2D eigenvalue weighted by Gasteiger charge is -2.30. The molecule has 0 radical (unpaired) electrons. The van der Waals surface area contributed by atoms with Crippen LogP contribution in [0.15, 0.2) is 42.5 Å². The summed E-state index contributed by atoms with van der Waals surface area (Å²) in [6, 6.07) is 13.5. The lowest BCUT2D eigenvalue weighted by atomic mass is 10.1.